The number of anilines is 1. The molecule has 0 saturated heterocycles. The highest BCUT2D eigenvalue weighted by molar-refractivity contribution is 5.61. The molecule has 0 radical (unpaired) electrons. The first kappa shape index (κ1) is 14.0. The maximum atomic E-state index is 13.3. The van der Waals surface area contributed by atoms with Crippen LogP contribution in [-0.2, 0) is 0 Å². The predicted octanol–water partition coefficient (Wildman–Crippen LogP) is 3.20. The highest BCUT2D eigenvalue weighted by atomic mass is 19.1. The lowest BCUT2D eigenvalue weighted by molar-refractivity contribution is 0.249. The van der Waals surface area contributed by atoms with Crippen LogP contribution in [0.1, 0.15) is 45.1 Å². The molecule has 1 unspecified atom stereocenters. The number of rotatable bonds is 3. The number of nitrogen functional groups attached to an aromatic ring is 1. The summed E-state index contributed by atoms with van der Waals surface area (Å²) in [5.74, 6) is 0.830. The van der Waals surface area contributed by atoms with E-state index < -0.39 is 5.82 Å². The number of hydrogen-bond donors (Lipinski definition) is 1. The molecule has 0 aliphatic heterocycles. The van der Waals surface area contributed by atoms with Crippen molar-refractivity contribution < 1.29 is 4.39 Å². The van der Waals surface area contributed by atoms with Crippen molar-refractivity contribution in [1.29, 1.82) is 0 Å². The van der Waals surface area contributed by atoms with Gasteiger partial charge in [-0.1, -0.05) is 19.3 Å². The van der Waals surface area contributed by atoms with Gasteiger partial charge in [0.15, 0.2) is 5.82 Å². The second-order valence-corrected chi connectivity index (χ2v) is 5.82. The summed E-state index contributed by atoms with van der Waals surface area (Å²) in [6.45, 7) is 2.16. The first-order valence-corrected chi connectivity index (χ1v) is 7.50. The normalized spacial score (nSPS) is 17.8. The molecule has 1 aromatic carbocycles. The third-order valence-electron chi connectivity index (χ3n) is 4.46. The molecule has 0 spiro atoms. The molecule has 1 aliphatic carbocycles. The fourth-order valence-corrected chi connectivity index (χ4v) is 3.16. The van der Waals surface area contributed by atoms with E-state index in [1.54, 1.807) is 12.1 Å². The molecule has 0 bridgehead atoms. The van der Waals surface area contributed by atoms with Gasteiger partial charge < -0.3 is 5.73 Å². The Morgan fingerprint density at radius 2 is 2.05 bits per heavy atom. The smallest absolute Gasteiger partial charge is 0.182 e. The number of aromatic nitrogens is 4. The minimum Gasteiger partial charge on any atom is -0.396 e. The van der Waals surface area contributed by atoms with Gasteiger partial charge in [-0.15, -0.1) is 5.10 Å². The molecule has 2 N–H and O–H groups in total. The van der Waals surface area contributed by atoms with Crippen molar-refractivity contribution in [2.75, 3.05) is 5.73 Å². The molecule has 0 amide bonds. The van der Waals surface area contributed by atoms with Gasteiger partial charge in [0.1, 0.15) is 5.82 Å². The summed E-state index contributed by atoms with van der Waals surface area (Å²) in [4.78, 5) is 0. The molecule has 3 rings (SSSR count). The Kier molecular flexibility index (Phi) is 3.86. The van der Waals surface area contributed by atoms with E-state index in [2.05, 4.69) is 22.4 Å². The lowest BCUT2D eigenvalue weighted by atomic mass is 9.84. The van der Waals surface area contributed by atoms with E-state index in [-0.39, 0.29) is 11.7 Å². The number of nitrogens with zero attached hydrogens (tertiary/aromatic N) is 4. The van der Waals surface area contributed by atoms with Gasteiger partial charge in [0, 0.05) is 5.56 Å². The summed E-state index contributed by atoms with van der Waals surface area (Å²) in [5, 5.41) is 12.0. The average molecular weight is 289 g/mol. The van der Waals surface area contributed by atoms with Crippen LogP contribution in [0.2, 0.25) is 0 Å². The van der Waals surface area contributed by atoms with Crippen LogP contribution in [0, 0.1) is 11.7 Å². The highest BCUT2D eigenvalue weighted by Gasteiger charge is 2.25. The van der Waals surface area contributed by atoms with Crippen LogP contribution in [-0.4, -0.2) is 20.2 Å². The average Bonchev–Trinajstić information content (AvgIpc) is 2.99. The first-order valence-electron chi connectivity index (χ1n) is 7.50. The fraction of sp³-hybridized carbons (Fsp3) is 0.533. The zero-order valence-electron chi connectivity index (χ0n) is 12.2. The van der Waals surface area contributed by atoms with Crippen LogP contribution < -0.4 is 5.73 Å². The van der Waals surface area contributed by atoms with Crippen LogP contribution in [0.5, 0.6) is 0 Å². The van der Waals surface area contributed by atoms with E-state index in [1.165, 1.54) is 38.2 Å². The van der Waals surface area contributed by atoms with Crippen LogP contribution >= 0.6 is 0 Å². The van der Waals surface area contributed by atoms with Crippen molar-refractivity contribution in [3.63, 3.8) is 0 Å². The van der Waals surface area contributed by atoms with Gasteiger partial charge in [0.05, 0.1) is 11.7 Å². The third kappa shape index (κ3) is 2.75. The number of benzene rings is 1. The highest BCUT2D eigenvalue weighted by Crippen LogP contribution is 2.34. The molecule has 5 nitrogen and oxygen atoms in total. The number of tetrazole rings is 1. The minimum atomic E-state index is -0.418. The van der Waals surface area contributed by atoms with Crippen molar-refractivity contribution >= 4 is 5.69 Å². The molecule has 1 fully saturated rings. The molecular weight excluding hydrogens is 269 g/mol. The zero-order chi connectivity index (χ0) is 14.8. The quantitative estimate of drug-likeness (QED) is 0.881. The van der Waals surface area contributed by atoms with Gasteiger partial charge in [-0.2, -0.15) is 0 Å². The van der Waals surface area contributed by atoms with E-state index in [9.17, 15) is 4.39 Å². The Bertz CT molecular complexity index is 618. The van der Waals surface area contributed by atoms with Gasteiger partial charge in [-0.3, -0.25) is 0 Å². The molecular formula is C15H20FN5. The fourth-order valence-electron chi connectivity index (χ4n) is 3.16. The van der Waals surface area contributed by atoms with E-state index in [1.807, 2.05) is 4.68 Å². The van der Waals surface area contributed by atoms with Gasteiger partial charge >= 0.3 is 0 Å². The zero-order valence-corrected chi connectivity index (χ0v) is 12.2. The van der Waals surface area contributed by atoms with Gasteiger partial charge in [0.2, 0.25) is 0 Å². The van der Waals surface area contributed by atoms with Gasteiger partial charge in [-0.25, -0.2) is 9.07 Å². The van der Waals surface area contributed by atoms with E-state index in [0.29, 0.717) is 11.7 Å². The maximum absolute atomic E-state index is 13.3. The van der Waals surface area contributed by atoms with Crippen LogP contribution in [0.15, 0.2) is 18.2 Å². The lowest BCUT2D eigenvalue weighted by Crippen LogP contribution is -2.21. The Hall–Kier alpha value is -1.98. The van der Waals surface area contributed by atoms with Crippen LogP contribution in [0.4, 0.5) is 10.1 Å². The van der Waals surface area contributed by atoms with Crippen molar-refractivity contribution in [3.8, 4) is 11.4 Å². The molecule has 1 aliphatic rings. The van der Waals surface area contributed by atoms with E-state index >= 15 is 0 Å². The molecule has 6 heteroatoms. The number of halogens is 1. The SMILES string of the molecule is CC(C1CCCCC1)n1nnnc1-c1ccc(F)c(N)c1. The Morgan fingerprint density at radius 3 is 2.76 bits per heavy atom. The molecule has 1 heterocycles. The summed E-state index contributed by atoms with van der Waals surface area (Å²) in [6, 6.07) is 4.85. The lowest BCUT2D eigenvalue weighted by Gasteiger charge is -2.27. The largest absolute Gasteiger partial charge is 0.396 e. The van der Waals surface area contributed by atoms with E-state index in [4.69, 9.17) is 5.73 Å². The van der Waals surface area contributed by atoms with Crippen LogP contribution in [0.3, 0.4) is 0 Å². The Morgan fingerprint density at radius 1 is 1.29 bits per heavy atom. The van der Waals surface area contributed by atoms with Crippen molar-refractivity contribution in [2.45, 2.75) is 45.1 Å². The topological polar surface area (TPSA) is 69.6 Å². The molecule has 21 heavy (non-hydrogen) atoms. The summed E-state index contributed by atoms with van der Waals surface area (Å²) in [5.41, 5.74) is 6.51. The van der Waals surface area contributed by atoms with Gasteiger partial charge in [-0.05, 0) is 54.3 Å². The first-order chi connectivity index (χ1) is 10.2. The Balaban J connectivity index is 1.90. The Labute approximate surface area is 123 Å². The second-order valence-electron chi connectivity index (χ2n) is 5.82. The number of hydrogen-bond acceptors (Lipinski definition) is 4. The summed E-state index contributed by atoms with van der Waals surface area (Å²) < 4.78 is 15.2. The number of nitrogens with two attached hydrogens (primary N) is 1. The van der Waals surface area contributed by atoms with Gasteiger partial charge in [0.25, 0.3) is 0 Å². The second kappa shape index (κ2) is 5.79. The van der Waals surface area contributed by atoms with Crippen molar-refractivity contribution in [3.05, 3.63) is 24.0 Å². The molecule has 2 aromatic rings. The summed E-state index contributed by atoms with van der Waals surface area (Å²) in [6.07, 6.45) is 6.30. The summed E-state index contributed by atoms with van der Waals surface area (Å²) in [7, 11) is 0. The van der Waals surface area contributed by atoms with E-state index in [0.717, 1.165) is 5.56 Å². The van der Waals surface area contributed by atoms with Crippen molar-refractivity contribution in [1.82, 2.24) is 20.2 Å². The molecule has 1 aromatic heterocycles. The monoisotopic (exact) mass is 289 g/mol. The maximum Gasteiger partial charge on any atom is 0.182 e. The van der Waals surface area contributed by atoms with Crippen LogP contribution in [0.25, 0.3) is 11.4 Å². The van der Waals surface area contributed by atoms with Crippen molar-refractivity contribution in [2.24, 2.45) is 5.92 Å². The molecule has 112 valence electrons. The third-order valence-corrected chi connectivity index (χ3v) is 4.46. The minimum absolute atomic E-state index is 0.118. The summed E-state index contributed by atoms with van der Waals surface area (Å²) >= 11 is 0. The standard InChI is InChI=1S/C15H20FN5/c1-10(11-5-3-2-4-6-11)21-15(18-19-20-21)12-7-8-13(16)14(17)9-12/h7-11H,2-6,17H2,1H3. The molecule has 1 saturated carbocycles. The predicted molar refractivity (Wildman–Crippen MR) is 78.9 cm³/mol. The molecule has 1 atom stereocenters.